The van der Waals surface area contributed by atoms with Gasteiger partial charge in [0.05, 0.1) is 0 Å². The molecule has 15 heavy (non-hydrogen) atoms. The zero-order chi connectivity index (χ0) is 11.1. The van der Waals surface area contributed by atoms with Crippen molar-refractivity contribution in [3.8, 4) is 11.5 Å². The van der Waals surface area contributed by atoms with E-state index >= 15 is 0 Å². The van der Waals surface area contributed by atoms with E-state index in [0.717, 1.165) is 0 Å². The molecule has 0 saturated heterocycles. The lowest BCUT2D eigenvalue weighted by Crippen LogP contribution is -2.03. The van der Waals surface area contributed by atoms with E-state index in [-0.39, 0.29) is 17.5 Å². The minimum atomic E-state index is -4.44. The highest BCUT2D eigenvalue weighted by Crippen LogP contribution is 2.33. The maximum atomic E-state index is 12.2. The van der Waals surface area contributed by atoms with Crippen LogP contribution in [0.3, 0.4) is 0 Å². The molecular weight excluding hydrogens is 231 g/mol. The summed E-state index contributed by atoms with van der Waals surface area (Å²) in [5.41, 5.74) is 5.29. The Balaban J connectivity index is 2.36. The molecule has 0 saturated carbocycles. The van der Waals surface area contributed by atoms with Gasteiger partial charge in [-0.25, -0.2) is 4.98 Å². The van der Waals surface area contributed by atoms with Crippen LogP contribution in [0.25, 0.3) is 11.5 Å². The summed E-state index contributed by atoms with van der Waals surface area (Å²) in [4.78, 5) is 7.03. The van der Waals surface area contributed by atoms with Crippen LogP contribution in [0.1, 0.15) is 5.01 Å². The molecule has 2 heterocycles. The van der Waals surface area contributed by atoms with Gasteiger partial charge in [-0.2, -0.15) is 18.2 Å². The van der Waals surface area contributed by atoms with Gasteiger partial charge in [0.15, 0.2) is 10.8 Å². The van der Waals surface area contributed by atoms with E-state index in [1.807, 2.05) is 0 Å². The van der Waals surface area contributed by atoms with Gasteiger partial charge in [0.2, 0.25) is 5.95 Å². The van der Waals surface area contributed by atoms with Crippen LogP contribution < -0.4 is 5.73 Å². The lowest BCUT2D eigenvalue weighted by molar-refractivity contribution is -0.137. The monoisotopic (exact) mass is 235 g/mol. The van der Waals surface area contributed by atoms with Gasteiger partial charge < -0.3 is 5.73 Å². The quantitative estimate of drug-likeness (QED) is 0.785. The number of halogens is 3. The Morgan fingerprint density at radius 2 is 2.07 bits per heavy atom. The van der Waals surface area contributed by atoms with Gasteiger partial charge in [0.25, 0.3) is 0 Å². The summed E-state index contributed by atoms with van der Waals surface area (Å²) in [6, 6.07) is 0. The van der Waals surface area contributed by atoms with Crippen LogP contribution >= 0.6 is 11.3 Å². The first-order chi connectivity index (χ1) is 6.97. The van der Waals surface area contributed by atoms with Crippen LogP contribution in [0.15, 0.2) is 5.38 Å². The summed E-state index contributed by atoms with van der Waals surface area (Å²) in [6.45, 7) is 0. The minimum absolute atomic E-state index is 0.0356. The molecule has 0 aliphatic rings. The molecule has 0 aromatic carbocycles. The van der Waals surface area contributed by atoms with Gasteiger partial charge in [0, 0.05) is 5.38 Å². The molecule has 0 bridgehead atoms. The van der Waals surface area contributed by atoms with Crippen LogP contribution in [0.5, 0.6) is 0 Å². The number of H-pyrrole nitrogens is 1. The van der Waals surface area contributed by atoms with Crippen LogP contribution in [0.4, 0.5) is 19.1 Å². The molecule has 0 radical (unpaired) electrons. The number of hydrogen-bond donors (Lipinski definition) is 2. The molecule has 9 heteroatoms. The highest BCUT2D eigenvalue weighted by atomic mass is 32.1. The summed E-state index contributed by atoms with van der Waals surface area (Å²) in [7, 11) is 0. The summed E-state index contributed by atoms with van der Waals surface area (Å²) in [5, 5.41) is 6.18. The first-order valence-corrected chi connectivity index (χ1v) is 4.56. The fraction of sp³-hybridized carbons (Fsp3) is 0.167. The van der Waals surface area contributed by atoms with Crippen LogP contribution in [-0.2, 0) is 6.18 Å². The molecule has 0 atom stereocenters. The predicted octanol–water partition coefficient (Wildman–Crippen LogP) is 1.53. The second kappa shape index (κ2) is 3.19. The van der Waals surface area contributed by atoms with E-state index in [4.69, 9.17) is 5.73 Å². The third-order valence-electron chi connectivity index (χ3n) is 1.49. The molecule has 2 aromatic heterocycles. The Morgan fingerprint density at radius 1 is 1.33 bits per heavy atom. The molecule has 0 unspecified atom stereocenters. The molecule has 0 aliphatic carbocycles. The van der Waals surface area contributed by atoms with Crippen molar-refractivity contribution in [1.29, 1.82) is 0 Å². The van der Waals surface area contributed by atoms with Crippen molar-refractivity contribution in [3.63, 3.8) is 0 Å². The molecule has 0 amide bonds. The highest BCUT2D eigenvalue weighted by Gasteiger charge is 2.34. The van der Waals surface area contributed by atoms with E-state index in [1.54, 1.807) is 0 Å². The van der Waals surface area contributed by atoms with E-state index in [9.17, 15) is 13.2 Å². The third-order valence-corrected chi connectivity index (χ3v) is 2.38. The number of anilines is 1. The summed E-state index contributed by atoms with van der Waals surface area (Å²) in [6.07, 6.45) is -4.44. The number of thiazole rings is 1. The Hall–Kier alpha value is -1.64. The van der Waals surface area contributed by atoms with Crippen molar-refractivity contribution in [2.45, 2.75) is 6.18 Å². The van der Waals surface area contributed by atoms with Crippen LogP contribution in [0, 0.1) is 0 Å². The molecule has 0 aliphatic heterocycles. The molecule has 2 aromatic rings. The van der Waals surface area contributed by atoms with Gasteiger partial charge in [-0.15, -0.1) is 16.4 Å². The maximum absolute atomic E-state index is 12.2. The predicted molar refractivity (Wildman–Crippen MR) is 46.9 cm³/mol. The van der Waals surface area contributed by atoms with Gasteiger partial charge in [-0.1, -0.05) is 0 Å². The average molecular weight is 235 g/mol. The topological polar surface area (TPSA) is 80.5 Å². The molecule has 0 spiro atoms. The van der Waals surface area contributed by atoms with E-state index < -0.39 is 11.2 Å². The maximum Gasteiger partial charge on any atom is 0.443 e. The number of nitrogens with zero attached hydrogens (tertiary/aromatic N) is 3. The Morgan fingerprint density at radius 3 is 2.53 bits per heavy atom. The fourth-order valence-corrected chi connectivity index (χ4v) is 1.57. The van der Waals surface area contributed by atoms with Gasteiger partial charge >= 0.3 is 6.18 Å². The van der Waals surface area contributed by atoms with Gasteiger partial charge in [-0.3, -0.25) is 5.10 Å². The molecule has 80 valence electrons. The van der Waals surface area contributed by atoms with Crippen molar-refractivity contribution < 1.29 is 13.2 Å². The number of hydrogen-bond acceptors (Lipinski definition) is 5. The minimum Gasteiger partial charge on any atom is -0.366 e. The second-order valence-electron chi connectivity index (χ2n) is 2.58. The smallest absolute Gasteiger partial charge is 0.366 e. The lowest BCUT2D eigenvalue weighted by atomic mass is 10.5. The standard InChI is InChI=1S/C6H4F3N5S/c7-6(8,9)4-11-2(1-15-4)3-12-5(10)14-13-3/h1H,(H3,10,12,13,14). The van der Waals surface area contributed by atoms with Gasteiger partial charge in [-0.05, 0) is 0 Å². The largest absolute Gasteiger partial charge is 0.443 e. The first-order valence-electron chi connectivity index (χ1n) is 3.68. The van der Waals surface area contributed by atoms with Crippen molar-refractivity contribution >= 4 is 17.3 Å². The summed E-state index contributed by atoms with van der Waals surface area (Å²) < 4.78 is 36.6. The molecule has 5 nitrogen and oxygen atoms in total. The zero-order valence-corrected chi connectivity index (χ0v) is 7.85. The number of nitrogen functional groups attached to an aromatic ring is 1. The number of alkyl halides is 3. The van der Waals surface area contributed by atoms with Crippen molar-refractivity contribution in [1.82, 2.24) is 20.2 Å². The Bertz CT molecular complexity index is 473. The Labute approximate surface area is 85.2 Å². The average Bonchev–Trinajstić information content (AvgIpc) is 2.69. The Kier molecular flexibility index (Phi) is 2.11. The van der Waals surface area contributed by atoms with Crippen LogP contribution in [-0.4, -0.2) is 20.2 Å². The molecule has 0 fully saturated rings. The number of rotatable bonds is 1. The third kappa shape index (κ3) is 1.91. The van der Waals surface area contributed by atoms with Gasteiger partial charge in [0.1, 0.15) is 5.69 Å². The number of aromatic nitrogens is 4. The van der Waals surface area contributed by atoms with Crippen molar-refractivity contribution in [3.05, 3.63) is 10.4 Å². The first kappa shape index (κ1) is 9.90. The van der Waals surface area contributed by atoms with Crippen molar-refractivity contribution in [2.75, 3.05) is 5.73 Å². The molecule has 3 N–H and O–H groups in total. The van der Waals surface area contributed by atoms with E-state index in [0.29, 0.717) is 11.3 Å². The lowest BCUT2D eigenvalue weighted by Gasteiger charge is -1.98. The molecule has 2 rings (SSSR count). The van der Waals surface area contributed by atoms with E-state index in [2.05, 4.69) is 20.2 Å². The zero-order valence-electron chi connectivity index (χ0n) is 7.04. The van der Waals surface area contributed by atoms with Crippen molar-refractivity contribution in [2.24, 2.45) is 0 Å². The SMILES string of the molecule is Nc1n[nH]c(-c2csc(C(F)(F)F)n2)n1. The second-order valence-corrected chi connectivity index (χ2v) is 3.44. The molecular formula is C6H4F3N5S. The highest BCUT2D eigenvalue weighted by molar-refractivity contribution is 7.10. The number of nitrogens with one attached hydrogen (secondary N) is 1. The summed E-state index contributed by atoms with van der Waals surface area (Å²) >= 11 is 0.496. The number of nitrogens with two attached hydrogens (primary N) is 1. The van der Waals surface area contributed by atoms with E-state index in [1.165, 1.54) is 5.38 Å². The normalized spacial score (nSPS) is 11.9. The van der Waals surface area contributed by atoms with Crippen LogP contribution in [0.2, 0.25) is 0 Å². The fourth-order valence-electron chi connectivity index (χ4n) is 0.902. The number of aromatic amines is 1. The summed E-state index contributed by atoms with van der Waals surface area (Å²) in [5.74, 6) is 0.0887.